The number of alkyl halides is 1. The Balaban J connectivity index is 2.00. The molecule has 116 valence electrons. The number of morpholine rings is 1. The number of halogens is 2. The van der Waals surface area contributed by atoms with Gasteiger partial charge < -0.3 is 4.74 Å². The molecule has 2 heterocycles. The van der Waals surface area contributed by atoms with Crippen LogP contribution in [0.15, 0.2) is 21.5 Å². The van der Waals surface area contributed by atoms with Gasteiger partial charge in [-0.2, -0.15) is 4.31 Å². The monoisotopic (exact) mass is 393 g/mol. The maximum atomic E-state index is 12.9. The summed E-state index contributed by atoms with van der Waals surface area (Å²) in [4.78, 5) is 0.305. The van der Waals surface area contributed by atoms with Crippen LogP contribution in [0.2, 0.25) is 0 Å². The van der Waals surface area contributed by atoms with Gasteiger partial charge in [0.05, 0.1) is 17.1 Å². The molecule has 2 aliphatic heterocycles. The molecule has 3 rings (SSSR count). The minimum absolute atomic E-state index is 0.0367. The predicted octanol–water partition coefficient (Wildman–Crippen LogP) is 3.05. The first kappa shape index (κ1) is 15.7. The molecule has 21 heavy (non-hydrogen) atoms. The second-order valence-electron chi connectivity index (χ2n) is 5.64. The maximum absolute atomic E-state index is 12.9. The summed E-state index contributed by atoms with van der Waals surface area (Å²) in [6.07, 6.45) is 1.96. The first-order chi connectivity index (χ1) is 9.91. The van der Waals surface area contributed by atoms with Crippen molar-refractivity contribution in [2.45, 2.75) is 42.7 Å². The summed E-state index contributed by atoms with van der Waals surface area (Å²) in [5.41, 5.74) is 1.69. The van der Waals surface area contributed by atoms with Crippen LogP contribution in [0.1, 0.15) is 24.0 Å². The van der Waals surface area contributed by atoms with Gasteiger partial charge in [0.15, 0.2) is 0 Å². The Morgan fingerprint density at radius 3 is 2.52 bits per heavy atom. The Labute approximate surface area is 138 Å². The van der Waals surface area contributed by atoms with E-state index in [0.717, 1.165) is 24.0 Å². The van der Waals surface area contributed by atoms with Crippen LogP contribution in [0.25, 0.3) is 0 Å². The Hall–Kier alpha value is -0.140. The third kappa shape index (κ3) is 2.88. The van der Waals surface area contributed by atoms with Crippen LogP contribution < -0.4 is 0 Å². The molecule has 7 heteroatoms. The van der Waals surface area contributed by atoms with Crippen molar-refractivity contribution in [3.63, 3.8) is 0 Å². The Morgan fingerprint density at radius 2 is 1.95 bits per heavy atom. The number of fused-ring (bicyclic) bond motifs is 2. The topological polar surface area (TPSA) is 46.6 Å². The van der Waals surface area contributed by atoms with Crippen LogP contribution in [0.5, 0.6) is 0 Å². The lowest BCUT2D eigenvalue weighted by molar-refractivity contribution is -0.0114. The summed E-state index contributed by atoms with van der Waals surface area (Å²) in [5.74, 6) is 0.297. The summed E-state index contributed by atoms with van der Waals surface area (Å²) in [5, 5.41) is 0. The van der Waals surface area contributed by atoms with E-state index in [4.69, 9.17) is 16.3 Å². The van der Waals surface area contributed by atoms with Crippen LogP contribution in [-0.4, -0.2) is 38.0 Å². The lowest BCUT2D eigenvalue weighted by Gasteiger charge is -2.31. The Kier molecular flexibility index (Phi) is 4.36. The van der Waals surface area contributed by atoms with Gasteiger partial charge in [0.2, 0.25) is 10.0 Å². The highest BCUT2D eigenvalue weighted by Gasteiger charge is 2.40. The van der Waals surface area contributed by atoms with Gasteiger partial charge in [-0.3, -0.25) is 0 Å². The van der Waals surface area contributed by atoms with E-state index in [2.05, 4.69) is 15.9 Å². The zero-order valence-corrected chi connectivity index (χ0v) is 14.8. The molecule has 0 radical (unpaired) electrons. The van der Waals surface area contributed by atoms with E-state index in [1.807, 2.05) is 13.0 Å². The SMILES string of the molecule is Cc1cc(CCl)cc(S(=O)(=O)N2CC3CCC(C2)O3)c1Br. The molecule has 4 nitrogen and oxygen atoms in total. The molecule has 0 amide bonds. The van der Waals surface area contributed by atoms with Gasteiger partial charge in [-0.25, -0.2) is 8.42 Å². The fourth-order valence-electron chi connectivity index (χ4n) is 2.99. The minimum Gasteiger partial charge on any atom is -0.372 e. The van der Waals surface area contributed by atoms with Crippen LogP contribution in [0.3, 0.4) is 0 Å². The van der Waals surface area contributed by atoms with Gasteiger partial charge >= 0.3 is 0 Å². The number of rotatable bonds is 3. The van der Waals surface area contributed by atoms with Crippen molar-refractivity contribution in [2.24, 2.45) is 0 Å². The molecular weight excluding hydrogens is 378 g/mol. The van der Waals surface area contributed by atoms with Gasteiger partial charge in [-0.05, 0) is 52.9 Å². The summed E-state index contributed by atoms with van der Waals surface area (Å²) < 4.78 is 33.8. The van der Waals surface area contributed by atoms with Gasteiger partial charge in [0.25, 0.3) is 0 Å². The minimum atomic E-state index is -3.53. The maximum Gasteiger partial charge on any atom is 0.244 e. The van der Waals surface area contributed by atoms with E-state index in [-0.39, 0.29) is 12.2 Å². The average Bonchev–Trinajstić information content (AvgIpc) is 2.79. The number of sulfonamides is 1. The average molecular weight is 395 g/mol. The second kappa shape index (κ2) is 5.81. The third-order valence-electron chi connectivity index (χ3n) is 4.06. The molecule has 0 aromatic heterocycles. The molecule has 0 aliphatic carbocycles. The molecule has 0 saturated carbocycles. The molecule has 0 spiro atoms. The van der Waals surface area contributed by atoms with Crippen LogP contribution in [-0.2, 0) is 20.6 Å². The normalized spacial score (nSPS) is 26.2. The van der Waals surface area contributed by atoms with E-state index in [1.54, 1.807) is 10.4 Å². The van der Waals surface area contributed by atoms with Crippen molar-refractivity contribution >= 4 is 37.6 Å². The van der Waals surface area contributed by atoms with Crippen molar-refractivity contribution in [1.82, 2.24) is 4.31 Å². The van der Waals surface area contributed by atoms with Crippen molar-refractivity contribution in [1.29, 1.82) is 0 Å². The zero-order valence-electron chi connectivity index (χ0n) is 11.7. The molecule has 2 fully saturated rings. The van der Waals surface area contributed by atoms with E-state index in [9.17, 15) is 8.42 Å². The second-order valence-corrected chi connectivity index (χ2v) is 8.60. The van der Waals surface area contributed by atoms with Gasteiger partial charge in [0.1, 0.15) is 0 Å². The first-order valence-electron chi connectivity index (χ1n) is 6.92. The predicted molar refractivity (Wildman–Crippen MR) is 85.1 cm³/mol. The molecule has 2 aliphatic rings. The molecular formula is C14H17BrClNO3S. The van der Waals surface area contributed by atoms with Crippen LogP contribution in [0.4, 0.5) is 0 Å². The zero-order chi connectivity index (χ0) is 15.2. The number of hydrogen-bond donors (Lipinski definition) is 0. The number of ether oxygens (including phenoxy) is 1. The fraction of sp³-hybridized carbons (Fsp3) is 0.571. The molecule has 2 bridgehead atoms. The highest BCUT2D eigenvalue weighted by atomic mass is 79.9. The van der Waals surface area contributed by atoms with E-state index in [1.165, 1.54) is 0 Å². The third-order valence-corrected chi connectivity index (χ3v) is 7.54. The Bertz CT molecular complexity index is 652. The summed E-state index contributed by atoms with van der Waals surface area (Å²) in [7, 11) is -3.53. The summed E-state index contributed by atoms with van der Waals surface area (Å²) in [6, 6.07) is 3.57. The molecule has 2 saturated heterocycles. The van der Waals surface area contributed by atoms with Crippen LogP contribution >= 0.6 is 27.5 Å². The smallest absolute Gasteiger partial charge is 0.244 e. The van der Waals surface area contributed by atoms with Gasteiger partial charge in [-0.15, -0.1) is 11.6 Å². The van der Waals surface area contributed by atoms with Crippen molar-refractivity contribution in [3.05, 3.63) is 27.7 Å². The van der Waals surface area contributed by atoms with Crippen molar-refractivity contribution in [2.75, 3.05) is 13.1 Å². The number of hydrogen-bond acceptors (Lipinski definition) is 3. The number of nitrogens with zero attached hydrogens (tertiary/aromatic N) is 1. The first-order valence-corrected chi connectivity index (χ1v) is 9.69. The lowest BCUT2D eigenvalue weighted by Crippen LogP contribution is -2.45. The number of benzene rings is 1. The van der Waals surface area contributed by atoms with Crippen molar-refractivity contribution in [3.8, 4) is 0 Å². The van der Waals surface area contributed by atoms with Gasteiger partial charge in [-0.1, -0.05) is 6.07 Å². The molecule has 1 aromatic rings. The van der Waals surface area contributed by atoms with E-state index < -0.39 is 10.0 Å². The van der Waals surface area contributed by atoms with E-state index >= 15 is 0 Å². The Morgan fingerprint density at radius 1 is 1.33 bits per heavy atom. The van der Waals surface area contributed by atoms with Gasteiger partial charge in [0, 0.05) is 23.4 Å². The number of aryl methyl sites for hydroxylation is 1. The van der Waals surface area contributed by atoms with Crippen LogP contribution in [0, 0.1) is 6.92 Å². The fourth-order valence-corrected chi connectivity index (χ4v) is 5.67. The highest BCUT2D eigenvalue weighted by Crippen LogP contribution is 2.34. The quantitative estimate of drug-likeness (QED) is 0.740. The lowest BCUT2D eigenvalue weighted by atomic mass is 10.2. The highest BCUT2D eigenvalue weighted by molar-refractivity contribution is 9.10. The van der Waals surface area contributed by atoms with Crippen molar-refractivity contribution < 1.29 is 13.2 Å². The molecule has 1 aromatic carbocycles. The largest absolute Gasteiger partial charge is 0.372 e. The van der Waals surface area contributed by atoms with E-state index in [0.29, 0.717) is 28.3 Å². The summed E-state index contributed by atoms with van der Waals surface area (Å²) in [6.45, 7) is 2.76. The summed E-state index contributed by atoms with van der Waals surface area (Å²) >= 11 is 9.28. The molecule has 0 N–H and O–H groups in total. The standard InChI is InChI=1S/C14H17BrClNO3S/c1-9-4-10(6-16)5-13(14(9)15)21(18,19)17-7-11-2-3-12(8-17)20-11/h4-5,11-12H,2-3,6-8H2,1H3. The molecule has 2 unspecified atom stereocenters. The molecule has 2 atom stereocenters.